The molecule has 5 heteroatoms. The fraction of sp³-hybridized carbons (Fsp3) is 0.316. The summed E-state index contributed by atoms with van der Waals surface area (Å²) in [5, 5.41) is 13.0. The van der Waals surface area contributed by atoms with Gasteiger partial charge in [-0.05, 0) is 37.1 Å². The number of amides is 1. The third kappa shape index (κ3) is 5.06. The minimum absolute atomic E-state index is 0.140. The lowest BCUT2D eigenvalue weighted by atomic mass is 10.0. The third-order valence-corrected chi connectivity index (χ3v) is 3.78. The van der Waals surface area contributed by atoms with Crippen molar-refractivity contribution in [2.45, 2.75) is 31.9 Å². The number of rotatable bonds is 7. The van der Waals surface area contributed by atoms with E-state index in [1.807, 2.05) is 31.2 Å². The van der Waals surface area contributed by atoms with Gasteiger partial charge < -0.3 is 15.2 Å². The van der Waals surface area contributed by atoms with Crippen molar-refractivity contribution in [1.82, 2.24) is 5.32 Å². The zero-order chi connectivity index (χ0) is 17.5. The molecule has 0 aliphatic heterocycles. The van der Waals surface area contributed by atoms with Crippen molar-refractivity contribution < 1.29 is 19.0 Å². The van der Waals surface area contributed by atoms with Crippen LogP contribution in [0.1, 0.15) is 30.6 Å². The Bertz CT molecular complexity index is 673. The number of aliphatic hydroxyl groups is 1. The summed E-state index contributed by atoms with van der Waals surface area (Å²) in [5.74, 6) is 0.189. The Morgan fingerprint density at radius 2 is 1.88 bits per heavy atom. The fourth-order valence-electron chi connectivity index (χ4n) is 2.56. The maximum absolute atomic E-state index is 12.9. The van der Waals surface area contributed by atoms with E-state index in [1.165, 1.54) is 12.1 Å². The Morgan fingerprint density at radius 1 is 1.21 bits per heavy atom. The van der Waals surface area contributed by atoms with E-state index in [2.05, 4.69) is 5.32 Å². The molecular weight excluding hydrogens is 309 g/mol. The lowest BCUT2D eigenvalue weighted by molar-refractivity contribution is -0.121. The van der Waals surface area contributed by atoms with E-state index in [9.17, 15) is 14.3 Å². The van der Waals surface area contributed by atoms with E-state index < -0.39 is 6.10 Å². The Kier molecular flexibility index (Phi) is 6.32. The van der Waals surface area contributed by atoms with E-state index in [1.54, 1.807) is 19.2 Å². The van der Waals surface area contributed by atoms with E-state index >= 15 is 0 Å². The molecule has 0 spiro atoms. The molecule has 2 atom stereocenters. The molecule has 2 aromatic carbocycles. The van der Waals surface area contributed by atoms with Crippen molar-refractivity contribution in [2.24, 2.45) is 0 Å². The molecular formula is C19H22FNO3. The first-order chi connectivity index (χ1) is 11.5. The number of nitrogens with one attached hydrogen (secondary N) is 1. The number of hydrogen-bond acceptors (Lipinski definition) is 3. The highest BCUT2D eigenvalue weighted by molar-refractivity contribution is 5.79. The lowest BCUT2D eigenvalue weighted by Crippen LogP contribution is -2.34. The topological polar surface area (TPSA) is 58.6 Å². The Morgan fingerprint density at radius 3 is 2.54 bits per heavy atom. The van der Waals surface area contributed by atoms with Crippen molar-refractivity contribution in [3.8, 4) is 5.75 Å². The van der Waals surface area contributed by atoms with E-state index in [0.717, 1.165) is 5.56 Å². The molecule has 4 nitrogen and oxygen atoms in total. The van der Waals surface area contributed by atoms with Gasteiger partial charge in [0.1, 0.15) is 11.6 Å². The Labute approximate surface area is 141 Å². The van der Waals surface area contributed by atoms with Gasteiger partial charge in [-0.3, -0.25) is 4.79 Å². The number of carbonyl (C=O) groups is 1. The lowest BCUT2D eigenvalue weighted by Gasteiger charge is -2.18. The molecule has 0 fully saturated rings. The normalized spacial score (nSPS) is 13.2. The van der Waals surface area contributed by atoms with Crippen LogP contribution >= 0.6 is 0 Å². The third-order valence-electron chi connectivity index (χ3n) is 3.78. The van der Waals surface area contributed by atoms with Crippen LogP contribution in [0, 0.1) is 5.82 Å². The molecule has 0 aromatic heterocycles. The van der Waals surface area contributed by atoms with Crippen molar-refractivity contribution in [3.05, 3.63) is 65.5 Å². The van der Waals surface area contributed by atoms with Crippen LogP contribution in [-0.2, 0) is 11.2 Å². The number of carbonyl (C=O) groups excluding carboxylic acids is 1. The molecule has 2 N–H and O–H groups in total. The monoisotopic (exact) mass is 331 g/mol. The molecule has 0 saturated heterocycles. The molecule has 0 bridgehead atoms. The van der Waals surface area contributed by atoms with Crippen molar-refractivity contribution in [3.63, 3.8) is 0 Å². The van der Waals surface area contributed by atoms with Gasteiger partial charge in [0, 0.05) is 11.6 Å². The van der Waals surface area contributed by atoms with Crippen LogP contribution in [0.3, 0.4) is 0 Å². The summed E-state index contributed by atoms with van der Waals surface area (Å²) in [4.78, 5) is 12.2. The van der Waals surface area contributed by atoms with Gasteiger partial charge in [-0.1, -0.05) is 30.3 Å². The minimum atomic E-state index is -0.757. The first-order valence-electron chi connectivity index (χ1n) is 7.84. The predicted molar refractivity (Wildman–Crippen MR) is 90.3 cm³/mol. The van der Waals surface area contributed by atoms with Crippen molar-refractivity contribution in [1.29, 1.82) is 0 Å². The van der Waals surface area contributed by atoms with Crippen LogP contribution < -0.4 is 10.1 Å². The molecule has 2 rings (SSSR count). The number of halogens is 1. The summed E-state index contributed by atoms with van der Waals surface area (Å²) in [6.07, 6.45) is -0.197. The van der Waals surface area contributed by atoms with Crippen molar-refractivity contribution >= 4 is 5.91 Å². The average Bonchev–Trinajstić information content (AvgIpc) is 2.55. The summed E-state index contributed by atoms with van der Waals surface area (Å²) in [5.41, 5.74) is 1.44. The molecule has 0 aliphatic rings. The highest BCUT2D eigenvalue weighted by Crippen LogP contribution is 2.20. The van der Waals surface area contributed by atoms with Gasteiger partial charge in [0.05, 0.1) is 19.6 Å². The number of aliphatic hydroxyl groups excluding tert-OH is 1. The molecule has 128 valence electrons. The number of hydrogen-bond donors (Lipinski definition) is 2. The second-order valence-corrected chi connectivity index (χ2v) is 5.76. The van der Waals surface area contributed by atoms with Crippen LogP contribution in [-0.4, -0.2) is 24.2 Å². The van der Waals surface area contributed by atoms with Gasteiger partial charge in [-0.25, -0.2) is 4.39 Å². The quantitative estimate of drug-likeness (QED) is 0.820. The summed E-state index contributed by atoms with van der Waals surface area (Å²) < 4.78 is 18.1. The molecule has 0 saturated carbocycles. The largest absolute Gasteiger partial charge is 0.496 e. The van der Waals surface area contributed by atoms with Gasteiger partial charge in [-0.2, -0.15) is 0 Å². The van der Waals surface area contributed by atoms with E-state index in [0.29, 0.717) is 17.7 Å². The molecule has 0 heterocycles. The van der Waals surface area contributed by atoms with Crippen molar-refractivity contribution in [2.75, 3.05) is 7.11 Å². The summed E-state index contributed by atoms with van der Waals surface area (Å²) in [6.45, 7) is 1.83. The number of para-hydroxylation sites is 1. The van der Waals surface area contributed by atoms with Crippen LogP contribution in [0.4, 0.5) is 4.39 Å². The van der Waals surface area contributed by atoms with E-state index in [4.69, 9.17) is 4.74 Å². The highest BCUT2D eigenvalue weighted by Gasteiger charge is 2.15. The molecule has 0 radical (unpaired) electrons. The maximum Gasteiger partial charge on any atom is 0.224 e. The molecule has 24 heavy (non-hydrogen) atoms. The van der Waals surface area contributed by atoms with Gasteiger partial charge in [0.25, 0.3) is 0 Å². The second-order valence-electron chi connectivity index (χ2n) is 5.76. The number of methoxy groups -OCH3 is 1. The summed E-state index contributed by atoms with van der Waals surface area (Å²) in [7, 11) is 1.57. The zero-order valence-electron chi connectivity index (χ0n) is 13.8. The van der Waals surface area contributed by atoms with Gasteiger partial charge >= 0.3 is 0 Å². The fourth-order valence-corrected chi connectivity index (χ4v) is 2.56. The standard InChI is InChI=1S/C19H22FNO3/c1-13(11-17(22)14-7-9-16(20)10-8-14)21-19(23)12-15-5-3-4-6-18(15)24-2/h3-10,13,17,22H,11-12H2,1-2H3,(H,21,23). The van der Waals surface area contributed by atoms with Gasteiger partial charge in [0.15, 0.2) is 0 Å². The Balaban J connectivity index is 1.88. The number of ether oxygens (including phenoxy) is 1. The Hall–Kier alpha value is -2.40. The SMILES string of the molecule is COc1ccccc1CC(=O)NC(C)CC(O)c1ccc(F)cc1. The highest BCUT2D eigenvalue weighted by atomic mass is 19.1. The van der Waals surface area contributed by atoms with Crippen LogP contribution in [0.5, 0.6) is 5.75 Å². The number of benzene rings is 2. The second kappa shape index (κ2) is 8.45. The maximum atomic E-state index is 12.9. The first-order valence-corrected chi connectivity index (χ1v) is 7.84. The first kappa shape index (κ1) is 17.9. The van der Waals surface area contributed by atoms with Crippen LogP contribution in [0.2, 0.25) is 0 Å². The van der Waals surface area contributed by atoms with Gasteiger partial charge in [-0.15, -0.1) is 0 Å². The van der Waals surface area contributed by atoms with Crippen LogP contribution in [0.25, 0.3) is 0 Å². The molecule has 2 aromatic rings. The average molecular weight is 331 g/mol. The summed E-state index contributed by atoms with van der Waals surface area (Å²) in [6, 6.07) is 12.8. The molecule has 0 aliphatic carbocycles. The molecule has 1 amide bonds. The van der Waals surface area contributed by atoms with Gasteiger partial charge in [0.2, 0.25) is 5.91 Å². The zero-order valence-corrected chi connectivity index (χ0v) is 13.8. The van der Waals surface area contributed by atoms with Crippen LogP contribution in [0.15, 0.2) is 48.5 Å². The minimum Gasteiger partial charge on any atom is -0.496 e. The molecule has 2 unspecified atom stereocenters. The predicted octanol–water partition coefficient (Wildman–Crippen LogP) is 3.01. The smallest absolute Gasteiger partial charge is 0.224 e. The van der Waals surface area contributed by atoms with E-state index in [-0.39, 0.29) is 24.2 Å². The summed E-state index contributed by atoms with van der Waals surface area (Å²) >= 11 is 0.